The number of carboxylic acid groups (broad SMARTS) is 1. The van der Waals surface area contributed by atoms with Crippen molar-refractivity contribution in [2.75, 3.05) is 6.54 Å². The number of piperidine rings is 1. The Labute approximate surface area is 258 Å². The number of hydrogen-bond acceptors (Lipinski definition) is 4. The van der Waals surface area contributed by atoms with E-state index in [0.29, 0.717) is 16.5 Å². The van der Waals surface area contributed by atoms with Crippen LogP contribution in [0.25, 0.3) is 0 Å². The minimum atomic E-state index is -2.96. The Morgan fingerprint density at radius 3 is 2.29 bits per heavy atom. The first-order valence-electron chi connectivity index (χ1n) is 14.0. The number of aliphatic carboxylic acids is 1. The summed E-state index contributed by atoms with van der Waals surface area (Å²) in [4.78, 5) is 28.5. The largest absolute Gasteiger partial charge is 0.481 e. The fourth-order valence-electron chi connectivity index (χ4n) is 6.39. The van der Waals surface area contributed by atoms with Gasteiger partial charge in [0.15, 0.2) is 0 Å². The summed E-state index contributed by atoms with van der Waals surface area (Å²) in [6.07, 6.45) is 1.67. The molecule has 1 amide bonds. The number of carbonyl (C=O) groups is 2. The van der Waals surface area contributed by atoms with Gasteiger partial charge in [-0.2, -0.15) is 4.31 Å². The third-order valence-corrected chi connectivity index (χ3v) is 9.75. The summed E-state index contributed by atoms with van der Waals surface area (Å²) < 4.78 is 26.6. The van der Waals surface area contributed by atoms with E-state index in [1.165, 1.54) is 4.31 Å². The molecule has 1 heterocycles. The highest BCUT2D eigenvalue weighted by molar-refractivity contribution is 7.69. The molecule has 2 unspecified atom stereocenters. The number of nitrogens with zero attached hydrogens (tertiary/aromatic N) is 2. The summed E-state index contributed by atoms with van der Waals surface area (Å²) in [6.45, 7) is 2.01. The van der Waals surface area contributed by atoms with Crippen molar-refractivity contribution in [3.8, 4) is 0 Å². The van der Waals surface area contributed by atoms with Crippen LogP contribution in [0.4, 0.5) is 0 Å². The molecule has 5 rings (SSSR count). The molecule has 2 aliphatic rings. The Morgan fingerprint density at radius 1 is 1.00 bits per heavy atom. The van der Waals surface area contributed by atoms with Gasteiger partial charge in [0, 0.05) is 35.1 Å². The highest BCUT2D eigenvalue weighted by Crippen LogP contribution is 2.54. The molecule has 7 nitrogen and oxygen atoms in total. The number of likely N-dealkylation sites (tertiary alicyclic amines) is 1. The van der Waals surface area contributed by atoms with E-state index < -0.39 is 34.4 Å². The SMILES string of the molecule is C[C@]1(CC(=O)O)CC(c2cccc(Cl)c2)[C@@H](c2ccc(Cl)cc2)N(C(CN(Cc2ccccc2)[SH](=O)=O)C2CC2)C1=O. The lowest BCUT2D eigenvalue weighted by atomic mass is 9.67. The number of hydrogen-bond donors (Lipinski definition) is 2. The van der Waals surface area contributed by atoms with Crippen LogP contribution in [0, 0.1) is 11.3 Å². The summed E-state index contributed by atoms with van der Waals surface area (Å²) in [7, 11) is -2.96. The zero-order valence-corrected chi connectivity index (χ0v) is 25.6. The molecule has 1 saturated heterocycles. The van der Waals surface area contributed by atoms with Crippen LogP contribution in [0.5, 0.6) is 0 Å². The van der Waals surface area contributed by atoms with Crippen LogP contribution in [-0.4, -0.2) is 47.2 Å². The lowest BCUT2D eigenvalue weighted by molar-refractivity contribution is -0.161. The molecule has 1 N–H and O–H groups in total. The van der Waals surface area contributed by atoms with Crippen molar-refractivity contribution in [1.29, 1.82) is 0 Å². The molecule has 42 heavy (non-hydrogen) atoms. The van der Waals surface area contributed by atoms with Crippen LogP contribution in [0.2, 0.25) is 10.0 Å². The van der Waals surface area contributed by atoms with Gasteiger partial charge in [-0.1, -0.05) is 84.7 Å². The van der Waals surface area contributed by atoms with Crippen molar-refractivity contribution >= 4 is 46.0 Å². The first-order chi connectivity index (χ1) is 20.1. The Bertz CT molecular complexity index is 1500. The maximum absolute atomic E-state index is 14.6. The molecule has 0 aromatic heterocycles. The van der Waals surface area contributed by atoms with E-state index in [9.17, 15) is 23.1 Å². The van der Waals surface area contributed by atoms with Crippen LogP contribution in [0.3, 0.4) is 0 Å². The topological polar surface area (TPSA) is 95.0 Å². The van der Waals surface area contributed by atoms with Gasteiger partial charge in [-0.3, -0.25) is 9.59 Å². The van der Waals surface area contributed by atoms with Crippen molar-refractivity contribution in [3.63, 3.8) is 0 Å². The van der Waals surface area contributed by atoms with Gasteiger partial charge in [0.2, 0.25) is 16.8 Å². The lowest BCUT2D eigenvalue weighted by Gasteiger charge is -2.52. The van der Waals surface area contributed by atoms with Crippen molar-refractivity contribution in [3.05, 3.63) is 106 Å². The van der Waals surface area contributed by atoms with E-state index in [0.717, 1.165) is 29.5 Å². The molecule has 0 radical (unpaired) electrons. The number of carbonyl (C=O) groups excluding carboxylic acids is 1. The molecule has 3 aromatic carbocycles. The zero-order chi connectivity index (χ0) is 30.0. The van der Waals surface area contributed by atoms with Gasteiger partial charge in [0.05, 0.1) is 17.9 Å². The molecule has 4 atom stereocenters. The van der Waals surface area contributed by atoms with E-state index in [1.54, 1.807) is 25.1 Å². The second kappa shape index (κ2) is 12.8. The van der Waals surface area contributed by atoms with Crippen molar-refractivity contribution in [1.82, 2.24) is 9.21 Å². The first-order valence-corrected chi connectivity index (χ1v) is 15.9. The average Bonchev–Trinajstić information content (AvgIpc) is 3.79. The number of benzene rings is 3. The van der Waals surface area contributed by atoms with Crippen LogP contribution < -0.4 is 0 Å². The average molecular weight is 630 g/mol. The second-order valence-electron chi connectivity index (χ2n) is 11.7. The third kappa shape index (κ3) is 6.83. The molecular formula is C32H34Cl2N2O5S. The van der Waals surface area contributed by atoms with E-state index in [4.69, 9.17) is 23.2 Å². The van der Waals surface area contributed by atoms with E-state index >= 15 is 0 Å². The number of halogens is 2. The van der Waals surface area contributed by atoms with Crippen molar-refractivity contribution in [2.24, 2.45) is 11.3 Å². The molecule has 2 fully saturated rings. The van der Waals surface area contributed by atoms with E-state index in [2.05, 4.69) is 0 Å². The third-order valence-electron chi connectivity index (χ3n) is 8.49. The fraction of sp³-hybridized carbons (Fsp3) is 0.375. The summed E-state index contributed by atoms with van der Waals surface area (Å²) in [5, 5.41) is 11.0. The van der Waals surface area contributed by atoms with Gasteiger partial charge in [0.25, 0.3) is 0 Å². The summed E-state index contributed by atoms with van der Waals surface area (Å²) in [5.41, 5.74) is 1.38. The van der Waals surface area contributed by atoms with Crippen molar-refractivity contribution in [2.45, 2.75) is 57.2 Å². The van der Waals surface area contributed by atoms with Gasteiger partial charge < -0.3 is 10.0 Å². The van der Waals surface area contributed by atoms with Crippen molar-refractivity contribution < 1.29 is 23.1 Å². The summed E-state index contributed by atoms with van der Waals surface area (Å²) >= 11 is 12.7. The molecule has 3 aromatic rings. The Balaban J connectivity index is 1.64. The fourth-order valence-corrected chi connectivity index (χ4v) is 7.29. The zero-order valence-electron chi connectivity index (χ0n) is 23.2. The lowest BCUT2D eigenvalue weighted by Crippen LogP contribution is -2.58. The molecule has 0 bridgehead atoms. The van der Waals surface area contributed by atoms with Gasteiger partial charge in [-0.05, 0) is 66.1 Å². The predicted octanol–water partition coefficient (Wildman–Crippen LogP) is 6.34. The van der Waals surface area contributed by atoms with E-state index in [1.807, 2.05) is 65.6 Å². The monoisotopic (exact) mass is 628 g/mol. The number of thiol groups is 1. The molecule has 0 spiro atoms. The summed E-state index contributed by atoms with van der Waals surface area (Å²) in [6, 6.07) is 23.2. The number of carboxylic acids is 1. The minimum absolute atomic E-state index is 0.0872. The standard InChI is InChI=1S/C32H34Cl2N2O5S/c1-32(18-29(37)38)17-27(24-8-5-9-26(34)16-24)30(23-12-14-25(33)15-13-23)36(31(32)39)28(22-10-11-22)20-35(42(40)41)19-21-6-3-2-4-7-21/h2-9,12-16,22,27-28,30,42H,10-11,17-20H2,1H3,(H,37,38)/t27?,28?,30-,32-/m1/s1. The first kappa shape index (κ1) is 30.5. The molecule has 222 valence electrons. The second-order valence-corrected chi connectivity index (χ2v) is 13.6. The molecule has 10 heteroatoms. The molecule has 1 saturated carbocycles. The smallest absolute Gasteiger partial charge is 0.304 e. The minimum Gasteiger partial charge on any atom is -0.481 e. The normalized spacial score (nSPS) is 23.4. The van der Waals surface area contributed by atoms with Crippen LogP contribution in [-0.2, 0) is 27.0 Å². The Kier molecular flexibility index (Phi) is 9.28. The van der Waals surface area contributed by atoms with Crippen LogP contribution in [0.15, 0.2) is 78.9 Å². The molecule has 1 aliphatic heterocycles. The van der Waals surface area contributed by atoms with E-state index in [-0.39, 0.29) is 37.3 Å². The molecule has 1 aliphatic carbocycles. The Hall–Kier alpha value is -2.91. The maximum Gasteiger partial charge on any atom is 0.304 e. The number of rotatable bonds is 11. The van der Waals surface area contributed by atoms with Gasteiger partial charge in [-0.15, -0.1) is 0 Å². The summed E-state index contributed by atoms with van der Waals surface area (Å²) in [5.74, 6) is -1.54. The van der Waals surface area contributed by atoms with Crippen LogP contribution in [0.1, 0.15) is 61.3 Å². The quantitative estimate of drug-likeness (QED) is 0.242. The van der Waals surface area contributed by atoms with Gasteiger partial charge in [0.1, 0.15) is 0 Å². The number of amides is 1. The maximum atomic E-state index is 14.6. The highest BCUT2D eigenvalue weighted by Gasteiger charge is 2.54. The highest BCUT2D eigenvalue weighted by atomic mass is 35.5. The van der Waals surface area contributed by atoms with Gasteiger partial charge >= 0.3 is 5.97 Å². The van der Waals surface area contributed by atoms with Gasteiger partial charge in [-0.25, -0.2) is 8.42 Å². The molecular weight excluding hydrogens is 595 g/mol. The van der Waals surface area contributed by atoms with Crippen LogP contribution >= 0.6 is 23.2 Å². The predicted molar refractivity (Wildman–Crippen MR) is 164 cm³/mol. The Morgan fingerprint density at radius 2 is 1.69 bits per heavy atom.